The lowest BCUT2D eigenvalue weighted by atomic mass is 10.1. The minimum atomic E-state index is -0.134. The first-order valence-electron chi connectivity index (χ1n) is 10.9. The van der Waals surface area contributed by atoms with E-state index in [1.807, 2.05) is 30.3 Å². The molecule has 1 aromatic heterocycles. The number of nitrogens with one attached hydrogen (secondary N) is 2. The Balaban J connectivity index is 1.86. The van der Waals surface area contributed by atoms with Crippen molar-refractivity contribution in [1.82, 2.24) is 15.2 Å². The lowest BCUT2D eigenvalue weighted by molar-refractivity contribution is 0.355. The predicted molar refractivity (Wildman–Crippen MR) is 134 cm³/mol. The van der Waals surface area contributed by atoms with Crippen LogP contribution in [0.15, 0.2) is 53.3 Å². The second-order valence-electron chi connectivity index (χ2n) is 7.66. The third-order valence-electron chi connectivity index (χ3n) is 5.39. The van der Waals surface area contributed by atoms with Gasteiger partial charge in [0.05, 0.1) is 26.3 Å². The third-order valence-corrected chi connectivity index (χ3v) is 5.80. The van der Waals surface area contributed by atoms with Crippen LogP contribution in [-0.4, -0.2) is 42.3 Å². The molecule has 1 heterocycles. The van der Waals surface area contributed by atoms with Crippen LogP contribution >= 0.6 is 12.2 Å². The number of ether oxygens (including phenoxy) is 2. The van der Waals surface area contributed by atoms with Crippen LogP contribution < -0.4 is 20.3 Å². The number of nitrogens with zero attached hydrogens (tertiary/aromatic N) is 1. The second-order valence-corrected chi connectivity index (χ2v) is 8.05. The molecule has 170 valence electrons. The Bertz CT molecular complexity index is 1100. The Hall–Kier alpha value is -3.06. The molecule has 2 aromatic carbocycles. The maximum Gasteiger partial charge on any atom is 0.253 e. The summed E-state index contributed by atoms with van der Waals surface area (Å²) >= 11 is 5.68. The standard InChI is InChI=1S/C25H31N3O3S/c1-4-5-12-26-25(32)28(13-11-18-9-7-6-8-10-18)17-20-14-19-15-22(30-2)23(31-3)16-21(19)27-24(20)29/h6-10,14-16H,4-5,11-13,17H2,1-3H3,(H,26,32)(H,27,29). The van der Waals surface area contributed by atoms with Gasteiger partial charge in [0.1, 0.15) is 0 Å². The number of rotatable bonds is 10. The van der Waals surface area contributed by atoms with Crippen LogP contribution in [0.4, 0.5) is 0 Å². The average Bonchev–Trinajstić information content (AvgIpc) is 2.81. The zero-order valence-electron chi connectivity index (χ0n) is 18.9. The van der Waals surface area contributed by atoms with Gasteiger partial charge in [0.2, 0.25) is 0 Å². The fraction of sp³-hybridized carbons (Fsp3) is 0.360. The molecule has 0 amide bonds. The quantitative estimate of drug-likeness (QED) is 0.353. The van der Waals surface area contributed by atoms with Crippen LogP contribution in [0.2, 0.25) is 0 Å². The largest absolute Gasteiger partial charge is 0.493 e. The molecule has 0 radical (unpaired) electrons. The van der Waals surface area contributed by atoms with Crippen molar-refractivity contribution in [1.29, 1.82) is 0 Å². The number of hydrogen-bond acceptors (Lipinski definition) is 4. The molecular weight excluding hydrogens is 422 g/mol. The molecule has 0 saturated heterocycles. The minimum Gasteiger partial charge on any atom is -0.493 e. The van der Waals surface area contributed by atoms with Gasteiger partial charge in [0.25, 0.3) is 5.56 Å². The first-order chi connectivity index (χ1) is 15.5. The molecule has 0 aliphatic heterocycles. The number of hydrogen-bond donors (Lipinski definition) is 2. The van der Waals surface area contributed by atoms with Crippen molar-refractivity contribution in [3.05, 3.63) is 70.0 Å². The maximum atomic E-state index is 12.9. The van der Waals surface area contributed by atoms with Gasteiger partial charge >= 0.3 is 0 Å². The van der Waals surface area contributed by atoms with Gasteiger partial charge < -0.3 is 24.7 Å². The first kappa shape index (κ1) is 23.6. The fourth-order valence-corrected chi connectivity index (χ4v) is 3.80. The zero-order valence-corrected chi connectivity index (χ0v) is 19.8. The number of benzene rings is 2. The van der Waals surface area contributed by atoms with Gasteiger partial charge in [-0.3, -0.25) is 4.79 Å². The number of aromatic nitrogens is 1. The number of unbranched alkanes of at least 4 members (excludes halogenated alkanes) is 1. The normalized spacial score (nSPS) is 10.7. The van der Waals surface area contributed by atoms with E-state index in [0.717, 1.165) is 31.2 Å². The van der Waals surface area contributed by atoms with Crippen LogP contribution in [0, 0.1) is 0 Å². The topological polar surface area (TPSA) is 66.6 Å². The van der Waals surface area contributed by atoms with Crippen LogP contribution in [0.3, 0.4) is 0 Å². The molecule has 3 aromatic rings. The number of thiocarbonyl (C=S) groups is 1. The highest BCUT2D eigenvalue weighted by Gasteiger charge is 2.15. The van der Waals surface area contributed by atoms with Gasteiger partial charge in [-0.2, -0.15) is 0 Å². The number of H-pyrrole nitrogens is 1. The Morgan fingerprint density at radius 1 is 1.09 bits per heavy atom. The van der Waals surface area contributed by atoms with Crippen molar-refractivity contribution < 1.29 is 9.47 Å². The number of pyridine rings is 1. The molecule has 0 unspecified atom stereocenters. The number of fused-ring (bicyclic) bond motifs is 1. The molecule has 0 saturated carbocycles. The van der Waals surface area contributed by atoms with E-state index in [0.29, 0.717) is 40.8 Å². The van der Waals surface area contributed by atoms with E-state index in [9.17, 15) is 4.79 Å². The van der Waals surface area contributed by atoms with Gasteiger partial charge in [-0.05, 0) is 42.8 Å². The van der Waals surface area contributed by atoms with E-state index in [-0.39, 0.29) is 5.56 Å². The van der Waals surface area contributed by atoms with Crippen molar-refractivity contribution in [3.63, 3.8) is 0 Å². The van der Waals surface area contributed by atoms with Gasteiger partial charge in [0, 0.05) is 30.1 Å². The van der Waals surface area contributed by atoms with Gasteiger partial charge in [-0.1, -0.05) is 43.7 Å². The molecule has 32 heavy (non-hydrogen) atoms. The summed E-state index contributed by atoms with van der Waals surface area (Å²) in [5, 5.41) is 4.89. The summed E-state index contributed by atoms with van der Waals surface area (Å²) in [6, 6.07) is 15.8. The summed E-state index contributed by atoms with van der Waals surface area (Å²) in [5.74, 6) is 1.20. The molecular formula is C25H31N3O3S. The van der Waals surface area contributed by atoms with E-state index in [1.54, 1.807) is 20.3 Å². The van der Waals surface area contributed by atoms with Crippen molar-refractivity contribution >= 4 is 28.2 Å². The molecule has 2 N–H and O–H groups in total. The van der Waals surface area contributed by atoms with Crippen LogP contribution in [-0.2, 0) is 13.0 Å². The van der Waals surface area contributed by atoms with Gasteiger partial charge in [-0.25, -0.2) is 0 Å². The molecule has 0 fully saturated rings. The lowest BCUT2D eigenvalue weighted by Crippen LogP contribution is -2.41. The SMILES string of the molecule is CCCCNC(=S)N(CCc1ccccc1)Cc1cc2cc(OC)c(OC)cc2[nH]c1=O. The van der Waals surface area contributed by atoms with Crippen LogP contribution in [0.1, 0.15) is 30.9 Å². The number of methoxy groups -OCH3 is 2. The maximum absolute atomic E-state index is 12.9. The van der Waals surface area contributed by atoms with E-state index >= 15 is 0 Å². The van der Waals surface area contributed by atoms with E-state index in [2.05, 4.69) is 34.3 Å². The van der Waals surface area contributed by atoms with E-state index < -0.39 is 0 Å². The summed E-state index contributed by atoms with van der Waals surface area (Å²) in [7, 11) is 3.18. The Labute approximate surface area is 194 Å². The second kappa shape index (κ2) is 11.5. The third kappa shape index (κ3) is 6.01. The number of aromatic amines is 1. The highest BCUT2D eigenvalue weighted by molar-refractivity contribution is 7.80. The van der Waals surface area contributed by atoms with Crippen molar-refractivity contribution in [3.8, 4) is 11.5 Å². The van der Waals surface area contributed by atoms with Crippen molar-refractivity contribution in [2.75, 3.05) is 27.3 Å². The average molecular weight is 454 g/mol. The Kier molecular flexibility index (Phi) is 8.50. The molecule has 0 atom stereocenters. The molecule has 0 bridgehead atoms. The Morgan fingerprint density at radius 3 is 2.50 bits per heavy atom. The monoisotopic (exact) mass is 453 g/mol. The fourth-order valence-electron chi connectivity index (χ4n) is 3.55. The highest BCUT2D eigenvalue weighted by Crippen LogP contribution is 2.31. The highest BCUT2D eigenvalue weighted by atomic mass is 32.1. The minimum absolute atomic E-state index is 0.134. The summed E-state index contributed by atoms with van der Waals surface area (Å²) in [5.41, 5.74) is 2.46. The van der Waals surface area contributed by atoms with Crippen LogP contribution in [0.5, 0.6) is 11.5 Å². The summed E-state index contributed by atoms with van der Waals surface area (Å²) in [6.45, 7) is 4.10. The Morgan fingerprint density at radius 2 is 1.81 bits per heavy atom. The smallest absolute Gasteiger partial charge is 0.253 e. The van der Waals surface area contributed by atoms with Gasteiger partial charge in [-0.15, -0.1) is 0 Å². The van der Waals surface area contributed by atoms with Crippen molar-refractivity contribution in [2.24, 2.45) is 0 Å². The molecule has 0 spiro atoms. The van der Waals surface area contributed by atoms with E-state index in [4.69, 9.17) is 21.7 Å². The van der Waals surface area contributed by atoms with Crippen molar-refractivity contribution in [2.45, 2.75) is 32.7 Å². The first-order valence-corrected chi connectivity index (χ1v) is 11.3. The predicted octanol–water partition coefficient (Wildman–Crippen LogP) is 4.26. The van der Waals surface area contributed by atoms with Crippen LogP contribution in [0.25, 0.3) is 10.9 Å². The lowest BCUT2D eigenvalue weighted by Gasteiger charge is -2.26. The summed E-state index contributed by atoms with van der Waals surface area (Å²) in [6.07, 6.45) is 2.98. The molecule has 7 heteroatoms. The zero-order chi connectivity index (χ0) is 22.9. The molecule has 0 aliphatic carbocycles. The summed E-state index contributed by atoms with van der Waals surface area (Å²) < 4.78 is 10.8. The van der Waals surface area contributed by atoms with E-state index in [1.165, 1.54) is 5.56 Å². The molecule has 6 nitrogen and oxygen atoms in total. The summed E-state index contributed by atoms with van der Waals surface area (Å²) in [4.78, 5) is 17.9. The molecule has 0 aliphatic rings. The van der Waals surface area contributed by atoms with Gasteiger partial charge in [0.15, 0.2) is 16.6 Å². The molecule has 3 rings (SSSR count).